The number of carbonyl (C=O) groups excluding carboxylic acids is 1. The van der Waals surface area contributed by atoms with E-state index in [0.29, 0.717) is 0 Å². The second kappa shape index (κ2) is 6.03. The highest BCUT2D eigenvalue weighted by Gasteiger charge is 2.23. The van der Waals surface area contributed by atoms with Gasteiger partial charge in [0.15, 0.2) is 0 Å². The predicted molar refractivity (Wildman–Crippen MR) is 74.3 cm³/mol. The highest BCUT2D eigenvalue weighted by Crippen LogP contribution is 2.25. The SMILES string of the molecule is CCc1ccc([C@H](C)NC(=O)C2CCCC2)cc1. The molecule has 1 N–H and O–H groups in total. The Labute approximate surface area is 110 Å². The van der Waals surface area contributed by atoms with Gasteiger partial charge in [-0.15, -0.1) is 0 Å². The Morgan fingerprint density at radius 1 is 1.28 bits per heavy atom. The number of nitrogens with one attached hydrogen (secondary N) is 1. The van der Waals surface area contributed by atoms with E-state index >= 15 is 0 Å². The van der Waals surface area contributed by atoms with Gasteiger partial charge in [0.25, 0.3) is 0 Å². The predicted octanol–water partition coefficient (Wildman–Crippen LogP) is 3.62. The molecule has 98 valence electrons. The van der Waals surface area contributed by atoms with Crippen molar-refractivity contribution >= 4 is 5.91 Å². The second-order valence-corrected chi connectivity index (χ2v) is 5.31. The number of aryl methyl sites for hydroxylation is 1. The van der Waals surface area contributed by atoms with Gasteiger partial charge >= 0.3 is 0 Å². The number of amides is 1. The smallest absolute Gasteiger partial charge is 0.223 e. The third-order valence-electron chi connectivity index (χ3n) is 3.97. The third kappa shape index (κ3) is 3.12. The maximum Gasteiger partial charge on any atom is 0.223 e. The Kier molecular flexibility index (Phi) is 4.40. The summed E-state index contributed by atoms with van der Waals surface area (Å²) >= 11 is 0. The van der Waals surface area contributed by atoms with Crippen LogP contribution in [-0.2, 0) is 11.2 Å². The molecule has 1 fully saturated rings. The molecule has 2 heteroatoms. The number of rotatable bonds is 4. The molecule has 2 rings (SSSR count). The summed E-state index contributed by atoms with van der Waals surface area (Å²) < 4.78 is 0. The first-order valence-electron chi connectivity index (χ1n) is 7.10. The van der Waals surface area contributed by atoms with Crippen molar-refractivity contribution in [3.8, 4) is 0 Å². The zero-order valence-corrected chi connectivity index (χ0v) is 11.4. The van der Waals surface area contributed by atoms with Crippen LogP contribution >= 0.6 is 0 Å². The minimum atomic E-state index is 0.115. The molecule has 0 aliphatic heterocycles. The molecule has 0 bridgehead atoms. The van der Waals surface area contributed by atoms with Gasteiger partial charge in [0.05, 0.1) is 6.04 Å². The summed E-state index contributed by atoms with van der Waals surface area (Å²) in [5, 5.41) is 3.14. The summed E-state index contributed by atoms with van der Waals surface area (Å²) in [4.78, 5) is 12.0. The standard InChI is InChI=1S/C16H23NO/c1-3-13-8-10-14(11-9-13)12(2)17-16(18)15-6-4-5-7-15/h8-12,15H,3-7H2,1-2H3,(H,17,18)/t12-/m0/s1. The Morgan fingerprint density at radius 2 is 1.89 bits per heavy atom. The lowest BCUT2D eigenvalue weighted by Gasteiger charge is -2.17. The van der Waals surface area contributed by atoms with Crippen LogP contribution in [0.3, 0.4) is 0 Å². The van der Waals surface area contributed by atoms with Gasteiger partial charge in [-0.05, 0) is 37.3 Å². The van der Waals surface area contributed by atoms with Gasteiger partial charge in [0.2, 0.25) is 5.91 Å². The summed E-state index contributed by atoms with van der Waals surface area (Å²) in [5.41, 5.74) is 2.53. The Morgan fingerprint density at radius 3 is 2.44 bits per heavy atom. The molecule has 1 atom stereocenters. The quantitative estimate of drug-likeness (QED) is 0.862. The van der Waals surface area contributed by atoms with E-state index in [9.17, 15) is 4.79 Å². The number of carbonyl (C=O) groups is 1. The highest BCUT2D eigenvalue weighted by atomic mass is 16.1. The lowest BCUT2D eigenvalue weighted by atomic mass is 10.0. The number of hydrogen-bond acceptors (Lipinski definition) is 1. The minimum Gasteiger partial charge on any atom is -0.349 e. The van der Waals surface area contributed by atoms with Gasteiger partial charge in [0.1, 0.15) is 0 Å². The first kappa shape index (κ1) is 13.1. The third-order valence-corrected chi connectivity index (χ3v) is 3.97. The van der Waals surface area contributed by atoms with Gasteiger partial charge in [-0.25, -0.2) is 0 Å². The average molecular weight is 245 g/mol. The molecule has 0 radical (unpaired) electrons. The van der Waals surface area contributed by atoms with Crippen molar-refractivity contribution in [1.29, 1.82) is 0 Å². The van der Waals surface area contributed by atoms with Crippen LogP contribution in [0.15, 0.2) is 24.3 Å². The van der Waals surface area contributed by atoms with Gasteiger partial charge in [-0.3, -0.25) is 4.79 Å². The van der Waals surface area contributed by atoms with E-state index in [1.807, 2.05) is 0 Å². The van der Waals surface area contributed by atoms with Gasteiger partial charge in [-0.1, -0.05) is 44.0 Å². The lowest BCUT2D eigenvalue weighted by molar-refractivity contribution is -0.125. The van der Waals surface area contributed by atoms with Crippen LogP contribution in [-0.4, -0.2) is 5.91 Å². The van der Waals surface area contributed by atoms with Gasteiger partial charge < -0.3 is 5.32 Å². The molecule has 18 heavy (non-hydrogen) atoms. The fourth-order valence-electron chi connectivity index (χ4n) is 2.64. The summed E-state index contributed by atoms with van der Waals surface area (Å²) in [6.45, 7) is 4.22. The van der Waals surface area contributed by atoms with Crippen molar-refractivity contribution in [3.63, 3.8) is 0 Å². The van der Waals surface area contributed by atoms with Crippen LogP contribution in [0.1, 0.15) is 56.7 Å². The van der Waals surface area contributed by atoms with Crippen LogP contribution in [0, 0.1) is 5.92 Å². The lowest BCUT2D eigenvalue weighted by Crippen LogP contribution is -2.31. The second-order valence-electron chi connectivity index (χ2n) is 5.31. The fourth-order valence-corrected chi connectivity index (χ4v) is 2.64. The average Bonchev–Trinajstić information content (AvgIpc) is 2.92. The zero-order valence-electron chi connectivity index (χ0n) is 11.4. The largest absolute Gasteiger partial charge is 0.349 e. The van der Waals surface area contributed by atoms with Crippen LogP contribution in [0.25, 0.3) is 0 Å². The molecule has 1 aliphatic rings. The van der Waals surface area contributed by atoms with E-state index in [1.54, 1.807) is 0 Å². The molecule has 1 aliphatic carbocycles. The summed E-state index contributed by atoms with van der Waals surface area (Å²) in [6, 6.07) is 8.65. The summed E-state index contributed by atoms with van der Waals surface area (Å²) in [6.07, 6.45) is 5.60. The Bertz CT molecular complexity index is 390. The molecule has 1 aromatic rings. The first-order chi connectivity index (χ1) is 8.70. The molecule has 2 nitrogen and oxygen atoms in total. The topological polar surface area (TPSA) is 29.1 Å². The van der Waals surface area contributed by atoms with Crippen molar-refractivity contribution in [2.75, 3.05) is 0 Å². The molecular weight excluding hydrogens is 222 g/mol. The van der Waals surface area contributed by atoms with E-state index in [2.05, 4.69) is 43.4 Å². The Balaban J connectivity index is 1.93. The van der Waals surface area contributed by atoms with Gasteiger partial charge in [0, 0.05) is 5.92 Å². The van der Waals surface area contributed by atoms with E-state index in [-0.39, 0.29) is 17.9 Å². The van der Waals surface area contributed by atoms with Crippen LogP contribution in [0.2, 0.25) is 0 Å². The molecule has 1 aromatic carbocycles. The van der Waals surface area contributed by atoms with Crippen molar-refractivity contribution in [3.05, 3.63) is 35.4 Å². The van der Waals surface area contributed by atoms with E-state index in [0.717, 1.165) is 19.3 Å². The summed E-state index contributed by atoms with van der Waals surface area (Å²) in [5.74, 6) is 0.488. The maximum atomic E-state index is 12.0. The molecule has 0 spiro atoms. The molecule has 0 saturated heterocycles. The normalized spacial score (nSPS) is 17.7. The number of hydrogen-bond donors (Lipinski definition) is 1. The van der Waals surface area contributed by atoms with Crippen molar-refractivity contribution in [2.45, 2.75) is 52.0 Å². The molecule has 1 amide bonds. The van der Waals surface area contributed by atoms with Gasteiger partial charge in [-0.2, -0.15) is 0 Å². The van der Waals surface area contributed by atoms with Crippen molar-refractivity contribution in [1.82, 2.24) is 5.32 Å². The zero-order chi connectivity index (χ0) is 13.0. The monoisotopic (exact) mass is 245 g/mol. The molecule has 1 saturated carbocycles. The fraction of sp³-hybridized carbons (Fsp3) is 0.562. The first-order valence-corrected chi connectivity index (χ1v) is 7.10. The van der Waals surface area contributed by atoms with E-state index < -0.39 is 0 Å². The number of benzene rings is 1. The molecular formula is C16H23NO. The molecule has 0 unspecified atom stereocenters. The van der Waals surface area contributed by atoms with E-state index in [1.165, 1.54) is 24.0 Å². The van der Waals surface area contributed by atoms with Crippen LogP contribution < -0.4 is 5.32 Å². The molecule has 0 heterocycles. The molecule has 0 aromatic heterocycles. The van der Waals surface area contributed by atoms with Crippen molar-refractivity contribution in [2.24, 2.45) is 5.92 Å². The summed E-state index contributed by atoms with van der Waals surface area (Å²) in [7, 11) is 0. The minimum absolute atomic E-state index is 0.115. The maximum absolute atomic E-state index is 12.0. The van der Waals surface area contributed by atoms with Crippen LogP contribution in [0.4, 0.5) is 0 Å². The Hall–Kier alpha value is -1.31. The van der Waals surface area contributed by atoms with Crippen molar-refractivity contribution < 1.29 is 4.79 Å². The van der Waals surface area contributed by atoms with E-state index in [4.69, 9.17) is 0 Å². The highest BCUT2D eigenvalue weighted by molar-refractivity contribution is 5.79. The van der Waals surface area contributed by atoms with Crippen LogP contribution in [0.5, 0.6) is 0 Å².